The molecule has 0 spiro atoms. The molecule has 2 unspecified atom stereocenters. The Morgan fingerprint density at radius 1 is 1.04 bits per heavy atom. The zero-order valence-corrected chi connectivity index (χ0v) is 15.0. The van der Waals surface area contributed by atoms with E-state index in [4.69, 9.17) is 0 Å². The monoisotopic (exact) mass is 342 g/mol. The molecule has 0 N–H and O–H groups in total. The van der Waals surface area contributed by atoms with E-state index >= 15 is 0 Å². The molecule has 2 aliphatic rings. The van der Waals surface area contributed by atoms with Gasteiger partial charge in [-0.1, -0.05) is 12.1 Å². The SMILES string of the molecule is CN1CCCC1C1CCCN1C(=O)Cn1c(=O)n(C)c2ccccc21. The Morgan fingerprint density at radius 3 is 2.44 bits per heavy atom. The van der Waals surface area contributed by atoms with E-state index in [0.29, 0.717) is 12.1 Å². The number of nitrogens with zero attached hydrogens (tertiary/aromatic N) is 4. The molecule has 0 saturated carbocycles. The van der Waals surface area contributed by atoms with E-state index in [1.165, 1.54) is 12.8 Å². The topological polar surface area (TPSA) is 50.5 Å². The maximum atomic E-state index is 13.0. The third-order valence-corrected chi connectivity index (χ3v) is 5.99. The molecule has 2 aromatic rings. The van der Waals surface area contributed by atoms with E-state index in [2.05, 4.69) is 11.9 Å². The Labute approximate surface area is 147 Å². The van der Waals surface area contributed by atoms with Gasteiger partial charge in [-0.3, -0.25) is 13.9 Å². The summed E-state index contributed by atoms with van der Waals surface area (Å²) in [6.45, 7) is 2.06. The van der Waals surface area contributed by atoms with E-state index in [-0.39, 0.29) is 18.1 Å². The number of likely N-dealkylation sites (N-methyl/N-ethyl adjacent to an activating group) is 1. The number of imidazole rings is 1. The lowest BCUT2D eigenvalue weighted by Crippen LogP contribution is -2.48. The molecule has 134 valence electrons. The molecule has 6 heteroatoms. The Hall–Kier alpha value is -2.08. The third kappa shape index (κ3) is 2.68. The number of aromatic nitrogens is 2. The van der Waals surface area contributed by atoms with Gasteiger partial charge >= 0.3 is 5.69 Å². The van der Waals surface area contributed by atoms with Crippen molar-refractivity contribution in [2.45, 2.75) is 44.3 Å². The number of likely N-dealkylation sites (tertiary alicyclic amines) is 2. The number of carbonyl (C=O) groups is 1. The molecule has 4 rings (SSSR count). The second kappa shape index (κ2) is 6.33. The van der Waals surface area contributed by atoms with Gasteiger partial charge in [0.1, 0.15) is 6.54 Å². The average molecular weight is 342 g/mol. The number of para-hydroxylation sites is 2. The van der Waals surface area contributed by atoms with Crippen molar-refractivity contribution in [1.82, 2.24) is 18.9 Å². The lowest BCUT2D eigenvalue weighted by atomic mass is 10.0. The highest BCUT2D eigenvalue weighted by Gasteiger charge is 2.38. The van der Waals surface area contributed by atoms with Gasteiger partial charge in [0.2, 0.25) is 5.91 Å². The van der Waals surface area contributed by atoms with Gasteiger partial charge in [0.15, 0.2) is 0 Å². The summed E-state index contributed by atoms with van der Waals surface area (Å²) >= 11 is 0. The van der Waals surface area contributed by atoms with Crippen molar-refractivity contribution in [3.05, 3.63) is 34.7 Å². The first-order valence-electron chi connectivity index (χ1n) is 9.22. The largest absolute Gasteiger partial charge is 0.337 e. The Morgan fingerprint density at radius 2 is 1.72 bits per heavy atom. The second-order valence-corrected chi connectivity index (χ2v) is 7.40. The summed E-state index contributed by atoms with van der Waals surface area (Å²) in [4.78, 5) is 30.0. The zero-order valence-electron chi connectivity index (χ0n) is 15.0. The molecule has 0 bridgehead atoms. The first-order chi connectivity index (χ1) is 12.1. The number of aryl methyl sites for hydroxylation is 1. The molecule has 2 aliphatic heterocycles. The van der Waals surface area contributed by atoms with Gasteiger partial charge < -0.3 is 9.80 Å². The smallest absolute Gasteiger partial charge is 0.329 e. The molecule has 0 aliphatic carbocycles. The standard InChI is InChI=1S/C19H26N4O2/c1-20-11-5-9-14(20)16-10-6-12-22(16)18(24)13-23-17-8-4-3-7-15(17)21(2)19(23)25/h3-4,7-8,14,16H,5-6,9-13H2,1-2H3. The summed E-state index contributed by atoms with van der Waals surface area (Å²) < 4.78 is 3.24. The Bertz CT molecular complexity index is 853. The van der Waals surface area contributed by atoms with Gasteiger partial charge in [-0.05, 0) is 51.4 Å². The summed E-state index contributed by atoms with van der Waals surface area (Å²) in [7, 11) is 3.92. The van der Waals surface area contributed by atoms with E-state index in [1.807, 2.05) is 29.2 Å². The second-order valence-electron chi connectivity index (χ2n) is 7.40. The lowest BCUT2D eigenvalue weighted by molar-refractivity contribution is -0.133. The van der Waals surface area contributed by atoms with Gasteiger partial charge in [0.05, 0.1) is 11.0 Å². The van der Waals surface area contributed by atoms with Crippen LogP contribution in [0.2, 0.25) is 0 Å². The van der Waals surface area contributed by atoms with Crippen LogP contribution in [-0.2, 0) is 18.4 Å². The summed E-state index contributed by atoms with van der Waals surface area (Å²) in [5.74, 6) is 0.0706. The Balaban J connectivity index is 1.60. The number of fused-ring (bicyclic) bond motifs is 1. The van der Waals surface area contributed by atoms with Crippen molar-refractivity contribution in [2.24, 2.45) is 7.05 Å². The minimum Gasteiger partial charge on any atom is -0.337 e. The number of hydrogen-bond acceptors (Lipinski definition) is 3. The molecular formula is C19H26N4O2. The Kier molecular flexibility index (Phi) is 4.15. The van der Waals surface area contributed by atoms with Crippen molar-refractivity contribution < 1.29 is 4.79 Å². The summed E-state index contributed by atoms with van der Waals surface area (Å²) in [6, 6.07) is 8.43. The predicted molar refractivity (Wildman–Crippen MR) is 97.6 cm³/mol. The van der Waals surface area contributed by atoms with Crippen LogP contribution in [0.25, 0.3) is 11.0 Å². The van der Waals surface area contributed by atoms with Crippen molar-refractivity contribution in [1.29, 1.82) is 0 Å². The average Bonchev–Trinajstić information content (AvgIpc) is 3.30. The fourth-order valence-electron chi connectivity index (χ4n) is 4.67. The minimum atomic E-state index is -0.122. The fourth-order valence-corrected chi connectivity index (χ4v) is 4.67. The highest BCUT2D eigenvalue weighted by atomic mass is 16.2. The normalized spacial score (nSPS) is 24.5. The van der Waals surface area contributed by atoms with Crippen LogP contribution in [0.15, 0.2) is 29.1 Å². The molecule has 6 nitrogen and oxygen atoms in total. The first-order valence-corrected chi connectivity index (χ1v) is 9.22. The van der Waals surface area contributed by atoms with Crippen LogP contribution in [0.1, 0.15) is 25.7 Å². The van der Waals surface area contributed by atoms with Crippen LogP contribution in [0.4, 0.5) is 0 Å². The van der Waals surface area contributed by atoms with Crippen molar-refractivity contribution in [3.8, 4) is 0 Å². The summed E-state index contributed by atoms with van der Waals surface area (Å²) in [6.07, 6.45) is 4.51. The zero-order chi connectivity index (χ0) is 17.6. The van der Waals surface area contributed by atoms with Crippen LogP contribution in [0.3, 0.4) is 0 Å². The molecule has 25 heavy (non-hydrogen) atoms. The van der Waals surface area contributed by atoms with Crippen molar-refractivity contribution >= 4 is 16.9 Å². The van der Waals surface area contributed by atoms with Gasteiger partial charge in [-0.25, -0.2) is 4.79 Å². The lowest BCUT2D eigenvalue weighted by Gasteiger charge is -2.33. The number of benzene rings is 1. The van der Waals surface area contributed by atoms with E-state index in [0.717, 1.165) is 37.0 Å². The van der Waals surface area contributed by atoms with Crippen LogP contribution in [0, 0.1) is 0 Å². The van der Waals surface area contributed by atoms with Gasteiger partial charge in [-0.15, -0.1) is 0 Å². The highest BCUT2D eigenvalue weighted by molar-refractivity contribution is 5.81. The predicted octanol–water partition coefficient (Wildman–Crippen LogP) is 1.43. The van der Waals surface area contributed by atoms with E-state index < -0.39 is 0 Å². The molecule has 2 saturated heterocycles. The molecule has 2 atom stereocenters. The molecule has 3 heterocycles. The number of carbonyl (C=O) groups excluding carboxylic acids is 1. The molecule has 1 amide bonds. The minimum absolute atomic E-state index is 0.0706. The van der Waals surface area contributed by atoms with Gasteiger partial charge in [0, 0.05) is 25.7 Å². The van der Waals surface area contributed by atoms with E-state index in [1.54, 1.807) is 16.2 Å². The number of amides is 1. The molecule has 2 fully saturated rings. The third-order valence-electron chi connectivity index (χ3n) is 5.99. The first kappa shape index (κ1) is 16.4. The van der Waals surface area contributed by atoms with Crippen LogP contribution < -0.4 is 5.69 Å². The van der Waals surface area contributed by atoms with Crippen molar-refractivity contribution in [2.75, 3.05) is 20.1 Å². The summed E-state index contributed by atoms with van der Waals surface area (Å²) in [5.41, 5.74) is 1.58. The van der Waals surface area contributed by atoms with Crippen LogP contribution >= 0.6 is 0 Å². The van der Waals surface area contributed by atoms with Gasteiger partial charge in [-0.2, -0.15) is 0 Å². The van der Waals surface area contributed by atoms with Crippen LogP contribution in [-0.4, -0.2) is 57.1 Å². The summed E-state index contributed by atoms with van der Waals surface area (Å²) in [5, 5.41) is 0. The quantitative estimate of drug-likeness (QED) is 0.848. The maximum absolute atomic E-state index is 13.0. The maximum Gasteiger partial charge on any atom is 0.329 e. The van der Waals surface area contributed by atoms with Crippen LogP contribution in [0.5, 0.6) is 0 Å². The molecule has 1 aromatic heterocycles. The molecule has 0 radical (unpaired) electrons. The molecule has 1 aromatic carbocycles. The number of rotatable bonds is 3. The number of hydrogen-bond donors (Lipinski definition) is 0. The highest BCUT2D eigenvalue weighted by Crippen LogP contribution is 2.29. The fraction of sp³-hybridized carbons (Fsp3) is 0.579. The molecular weight excluding hydrogens is 316 g/mol. The van der Waals surface area contributed by atoms with Gasteiger partial charge in [0.25, 0.3) is 0 Å². The van der Waals surface area contributed by atoms with Crippen molar-refractivity contribution in [3.63, 3.8) is 0 Å². The van der Waals surface area contributed by atoms with E-state index in [9.17, 15) is 9.59 Å².